The maximum absolute atomic E-state index is 12.5. The van der Waals surface area contributed by atoms with Gasteiger partial charge >= 0.3 is 0 Å². The highest BCUT2D eigenvalue weighted by Crippen LogP contribution is 2.33. The van der Waals surface area contributed by atoms with E-state index >= 15 is 0 Å². The molecule has 1 saturated heterocycles. The molecule has 0 bridgehead atoms. The van der Waals surface area contributed by atoms with Gasteiger partial charge in [-0.05, 0) is 37.8 Å². The molecule has 5 rings (SSSR count). The first kappa shape index (κ1) is 16.4. The van der Waals surface area contributed by atoms with Crippen molar-refractivity contribution in [2.24, 2.45) is 0 Å². The topological polar surface area (TPSA) is 76.8 Å². The van der Waals surface area contributed by atoms with Gasteiger partial charge in [-0.25, -0.2) is 15.0 Å². The molecule has 4 heterocycles. The van der Waals surface area contributed by atoms with Gasteiger partial charge in [-0.2, -0.15) is 0 Å². The van der Waals surface area contributed by atoms with Gasteiger partial charge in [0.2, 0.25) is 0 Å². The zero-order chi connectivity index (χ0) is 18.2. The van der Waals surface area contributed by atoms with Crippen molar-refractivity contribution in [3.8, 4) is 11.4 Å². The summed E-state index contributed by atoms with van der Waals surface area (Å²) in [6.07, 6.45) is 11.2. The highest BCUT2D eigenvalue weighted by atomic mass is 16.1. The molecular weight excluding hydrogens is 340 g/mol. The number of hydrogen-bond donors (Lipinski definition) is 0. The van der Waals surface area contributed by atoms with Crippen LogP contribution in [0.15, 0.2) is 30.9 Å². The number of rotatable bonds is 3. The van der Waals surface area contributed by atoms with Gasteiger partial charge in [0, 0.05) is 37.5 Å². The van der Waals surface area contributed by atoms with Gasteiger partial charge in [0.05, 0.1) is 12.4 Å². The summed E-state index contributed by atoms with van der Waals surface area (Å²) < 4.78 is 1.97. The van der Waals surface area contributed by atoms with Gasteiger partial charge in [0.1, 0.15) is 0 Å². The lowest BCUT2D eigenvalue weighted by atomic mass is 9.94. The molecular formula is C20H22N6O. The number of Topliss-reactive ketones (excluding diaryl/α,β-unsaturated/α-hetero) is 1. The Hall–Kier alpha value is -2.83. The molecule has 1 unspecified atom stereocenters. The molecule has 0 amide bonds. The number of pyridine rings is 1. The average Bonchev–Trinajstić information content (AvgIpc) is 3.38. The van der Waals surface area contributed by atoms with Crippen LogP contribution in [0.3, 0.4) is 0 Å². The molecule has 1 saturated carbocycles. The van der Waals surface area contributed by atoms with Gasteiger partial charge < -0.3 is 9.47 Å². The van der Waals surface area contributed by atoms with Crippen molar-refractivity contribution in [2.75, 3.05) is 18.0 Å². The van der Waals surface area contributed by atoms with E-state index in [0.29, 0.717) is 12.2 Å². The van der Waals surface area contributed by atoms with Crippen LogP contribution >= 0.6 is 0 Å². The number of aromatic nitrogens is 5. The predicted octanol–water partition coefficient (Wildman–Crippen LogP) is 3.17. The van der Waals surface area contributed by atoms with Crippen LogP contribution in [0.1, 0.15) is 44.6 Å². The van der Waals surface area contributed by atoms with E-state index in [2.05, 4.69) is 14.9 Å². The van der Waals surface area contributed by atoms with Crippen LogP contribution in [0, 0.1) is 0 Å². The highest BCUT2D eigenvalue weighted by molar-refractivity contribution is 5.89. The van der Waals surface area contributed by atoms with Crippen LogP contribution in [0.4, 0.5) is 5.82 Å². The summed E-state index contributed by atoms with van der Waals surface area (Å²) in [5, 5.41) is 0. The standard InChI is InChI=1S/C20H22N6O/c27-16-6-2-1-5-15(16)26-13-22-17-19(25-11-3-4-12-25)23-18(24-20(17)26)14-7-9-21-10-8-14/h7-10,13,15H,1-6,11-12H2. The molecule has 3 aromatic heterocycles. The number of anilines is 1. The minimum Gasteiger partial charge on any atom is -0.355 e. The van der Waals surface area contributed by atoms with E-state index in [9.17, 15) is 4.79 Å². The number of fused-ring (bicyclic) bond motifs is 1. The molecule has 1 aliphatic heterocycles. The summed E-state index contributed by atoms with van der Waals surface area (Å²) in [5.74, 6) is 1.83. The van der Waals surface area contributed by atoms with Crippen LogP contribution in [0.25, 0.3) is 22.6 Å². The second-order valence-electron chi connectivity index (χ2n) is 7.35. The summed E-state index contributed by atoms with van der Waals surface area (Å²) in [6, 6.07) is 3.68. The molecule has 1 aliphatic carbocycles. The number of imidazole rings is 1. The first-order valence-corrected chi connectivity index (χ1v) is 9.74. The van der Waals surface area contributed by atoms with Crippen molar-refractivity contribution in [1.82, 2.24) is 24.5 Å². The molecule has 2 fully saturated rings. The molecule has 7 nitrogen and oxygen atoms in total. The Kier molecular flexibility index (Phi) is 4.07. The Morgan fingerprint density at radius 2 is 1.81 bits per heavy atom. The Labute approximate surface area is 157 Å². The van der Waals surface area contributed by atoms with Crippen LogP contribution in [-0.4, -0.2) is 43.4 Å². The van der Waals surface area contributed by atoms with Crippen molar-refractivity contribution in [1.29, 1.82) is 0 Å². The highest BCUT2D eigenvalue weighted by Gasteiger charge is 2.28. The molecule has 0 spiro atoms. The van der Waals surface area contributed by atoms with E-state index in [-0.39, 0.29) is 11.8 Å². The van der Waals surface area contributed by atoms with Gasteiger partial charge in [-0.3, -0.25) is 9.78 Å². The maximum Gasteiger partial charge on any atom is 0.166 e. The smallest absolute Gasteiger partial charge is 0.166 e. The fourth-order valence-corrected chi connectivity index (χ4v) is 4.17. The third kappa shape index (κ3) is 2.87. The third-order valence-electron chi connectivity index (χ3n) is 5.61. The van der Waals surface area contributed by atoms with Crippen LogP contribution in [-0.2, 0) is 4.79 Å². The molecule has 0 aromatic carbocycles. The summed E-state index contributed by atoms with van der Waals surface area (Å²) >= 11 is 0. The molecule has 27 heavy (non-hydrogen) atoms. The SMILES string of the molecule is O=C1CCCCC1n1cnc2c(N3CCCC3)nc(-c3ccncc3)nc21. The first-order chi connectivity index (χ1) is 13.3. The van der Waals surface area contributed by atoms with Crippen molar-refractivity contribution < 1.29 is 4.79 Å². The van der Waals surface area contributed by atoms with Gasteiger partial charge in [0.25, 0.3) is 0 Å². The molecule has 1 atom stereocenters. The lowest BCUT2D eigenvalue weighted by Gasteiger charge is -2.22. The second kappa shape index (κ2) is 6.72. The van der Waals surface area contributed by atoms with E-state index in [1.165, 1.54) is 0 Å². The lowest BCUT2D eigenvalue weighted by Crippen LogP contribution is -2.23. The number of hydrogen-bond acceptors (Lipinski definition) is 6. The Bertz CT molecular complexity index is 977. The van der Waals surface area contributed by atoms with Crippen LogP contribution in [0.2, 0.25) is 0 Å². The fourth-order valence-electron chi connectivity index (χ4n) is 4.17. The molecule has 138 valence electrons. The monoisotopic (exact) mass is 362 g/mol. The summed E-state index contributed by atoms with van der Waals surface area (Å²) in [7, 11) is 0. The predicted molar refractivity (Wildman–Crippen MR) is 103 cm³/mol. The summed E-state index contributed by atoms with van der Waals surface area (Å²) in [5.41, 5.74) is 2.49. The lowest BCUT2D eigenvalue weighted by molar-refractivity contribution is -0.123. The number of ketones is 1. The molecule has 2 aliphatic rings. The zero-order valence-electron chi connectivity index (χ0n) is 15.2. The van der Waals surface area contributed by atoms with Gasteiger partial charge in [-0.1, -0.05) is 6.42 Å². The Morgan fingerprint density at radius 3 is 2.59 bits per heavy atom. The van der Waals surface area contributed by atoms with E-state index < -0.39 is 0 Å². The zero-order valence-corrected chi connectivity index (χ0v) is 15.2. The number of carbonyl (C=O) groups excluding carboxylic acids is 1. The Morgan fingerprint density at radius 1 is 1.00 bits per heavy atom. The summed E-state index contributed by atoms with van der Waals surface area (Å²) in [4.78, 5) is 33.2. The summed E-state index contributed by atoms with van der Waals surface area (Å²) in [6.45, 7) is 1.97. The minimum atomic E-state index is -0.157. The fraction of sp³-hybridized carbons (Fsp3) is 0.450. The molecule has 0 radical (unpaired) electrons. The van der Waals surface area contributed by atoms with E-state index in [0.717, 1.165) is 67.7 Å². The quantitative estimate of drug-likeness (QED) is 0.712. The number of nitrogens with zero attached hydrogens (tertiary/aromatic N) is 6. The maximum atomic E-state index is 12.5. The first-order valence-electron chi connectivity index (χ1n) is 9.74. The van der Waals surface area contributed by atoms with Gasteiger partial charge in [-0.15, -0.1) is 0 Å². The average molecular weight is 362 g/mol. The van der Waals surface area contributed by atoms with Crippen molar-refractivity contribution >= 4 is 22.8 Å². The van der Waals surface area contributed by atoms with E-state index in [4.69, 9.17) is 9.97 Å². The van der Waals surface area contributed by atoms with Gasteiger partial charge in [0.15, 0.2) is 28.6 Å². The molecule has 0 N–H and O–H groups in total. The number of carbonyl (C=O) groups is 1. The molecule has 3 aromatic rings. The normalized spacial score (nSPS) is 20.5. The van der Waals surface area contributed by atoms with Crippen LogP contribution in [0.5, 0.6) is 0 Å². The Balaban J connectivity index is 1.69. The molecule has 7 heteroatoms. The van der Waals surface area contributed by atoms with Crippen molar-refractivity contribution in [3.63, 3.8) is 0 Å². The third-order valence-corrected chi connectivity index (χ3v) is 5.61. The second-order valence-corrected chi connectivity index (χ2v) is 7.35. The van der Waals surface area contributed by atoms with E-state index in [1.807, 2.05) is 16.7 Å². The van der Waals surface area contributed by atoms with Crippen LogP contribution < -0.4 is 4.90 Å². The van der Waals surface area contributed by atoms with E-state index in [1.54, 1.807) is 18.7 Å². The minimum absolute atomic E-state index is 0.157. The van der Waals surface area contributed by atoms with Crippen molar-refractivity contribution in [3.05, 3.63) is 30.9 Å². The van der Waals surface area contributed by atoms with Crippen molar-refractivity contribution in [2.45, 2.75) is 44.6 Å². The largest absolute Gasteiger partial charge is 0.355 e.